The number of likely N-dealkylation sites (tertiary alicyclic amines) is 1. The van der Waals surface area contributed by atoms with Crippen LogP contribution >= 0.6 is 0 Å². The summed E-state index contributed by atoms with van der Waals surface area (Å²) in [6.07, 6.45) is 8.64. The second-order valence-electron chi connectivity index (χ2n) is 6.22. The molecule has 0 aromatic rings. The number of piperidine rings is 1. The topological polar surface area (TPSA) is 15.3 Å². The highest BCUT2D eigenvalue weighted by atomic mass is 15.1. The van der Waals surface area contributed by atoms with E-state index in [1.165, 1.54) is 64.7 Å². The van der Waals surface area contributed by atoms with Crippen molar-refractivity contribution in [3.63, 3.8) is 0 Å². The van der Waals surface area contributed by atoms with E-state index in [0.717, 1.165) is 5.92 Å². The Morgan fingerprint density at radius 2 is 2.00 bits per heavy atom. The number of nitrogens with one attached hydrogen (secondary N) is 1. The highest BCUT2D eigenvalue weighted by molar-refractivity contribution is 4.90. The molecule has 16 heavy (non-hydrogen) atoms. The fourth-order valence-corrected chi connectivity index (χ4v) is 3.80. The van der Waals surface area contributed by atoms with Crippen LogP contribution in [0.4, 0.5) is 0 Å². The minimum atomic E-state index is 0.603. The zero-order chi connectivity index (χ0) is 11.4. The molecule has 2 nitrogen and oxygen atoms in total. The van der Waals surface area contributed by atoms with Gasteiger partial charge in [0, 0.05) is 19.6 Å². The van der Waals surface area contributed by atoms with E-state index in [-0.39, 0.29) is 0 Å². The van der Waals surface area contributed by atoms with Crippen LogP contribution in [0.1, 0.15) is 45.4 Å². The third kappa shape index (κ3) is 2.98. The van der Waals surface area contributed by atoms with Crippen molar-refractivity contribution in [1.29, 1.82) is 0 Å². The second kappa shape index (κ2) is 5.50. The van der Waals surface area contributed by atoms with Gasteiger partial charge in [0.1, 0.15) is 0 Å². The van der Waals surface area contributed by atoms with Gasteiger partial charge in [-0.2, -0.15) is 0 Å². The summed E-state index contributed by atoms with van der Waals surface area (Å²) in [5, 5.41) is 3.42. The first kappa shape index (κ1) is 12.4. The van der Waals surface area contributed by atoms with Crippen molar-refractivity contribution >= 4 is 0 Å². The van der Waals surface area contributed by atoms with Crippen LogP contribution in [-0.4, -0.2) is 38.1 Å². The van der Waals surface area contributed by atoms with E-state index >= 15 is 0 Å². The van der Waals surface area contributed by atoms with Gasteiger partial charge >= 0.3 is 0 Å². The molecule has 0 bridgehead atoms. The summed E-state index contributed by atoms with van der Waals surface area (Å²) in [6.45, 7) is 7.66. The van der Waals surface area contributed by atoms with Gasteiger partial charge in [0.05, 0.1) is 0 Å². The molecule has 2 heteroatoms. The normalized spacial score (nSPS) is 30.8. The summed E-state index contributed by atoms with van der Waals surface area (Å²) in [5.74, 6) is 0.918. The molecule has 94 valence electrons. The largest absolute Gasteiger partial charge is 0.319 e. The number of hydrogen-bond donors (Lipinski definition) is 1. The summed E-state index contributed by atoms with van der Waals surface area (Å²) in [5.41, 5.74) is 0.603. The van der Waals surface area contributed by atoms with Crippen LogP contribution in [-0.2, 0) is 0 Å². The Balaban J connectivity index is 1.89. The van der Waals surface area contributed by atoms with Gasteiger partial charge in [-0.3, -0.25) is 0 Å². The molecule has 1 aliphatic heterocycles. The van der Waals surface area contributed by atoms with Crippen LogP contribution in [0.25, 0.3) is 0 Å². The molecular weight excluding hydrogens is 196 g/mol. The third-order valence-electron chi connectivity index (χ3n) is 4.52. The number of nitrogens with zero attached hydrogens (tertiary/aromatic N) is 1. The average molecular weight is 224 g/mol. The molecule has 0 aromatic carbocycles. The van der Waals surface area contributed by atoms with E-state index in [0.29, 0.717) is 5.41 Å². The molecule has 0 amide bonds. The predicted molar refractivity (Wildman–Crippen MR) is 69.7 cm³/mol. The second-order valence-corrected chi connectivity index (χ2v) is 6.22. The number of rotatable bonds is 4. The van der Waals surface area contributed by atoms with E-state index in [1.54, 1.807) is 0 Å². The molecule has 2 rings (SSSR count). The lowest BCUT2D eigenvalue weighted by atomic mass is 9.84. The van der Waals surface area contributed by atoms with Crippen LogP contribution in [0.3, 0.4) is 0 Å². The third-order valence-corrected chi connectivity index (χ3v) is 4.52. The summed E-state index contributed by atoms with van der Waals surface area (Å²) in [4.78, 5) is 2.73. The van der Waals surface area contributed by atoms with E-state index in [2.05, 4.69) is 24.2 Å². The maximum absolute atomic E-state index is 3.42. The lowest BCUT2D eigenvalue weighted by Gasteiger charge is -2.39. The highest BCUT2D eigenvalue weighted by Crippen LogP contribution is 2.38. The molecule has 1 N–H and O–H groups in total. The molecule has 2 fully saturated rings. The predicted octanol–water partition coefficient (Wildman–Crippen LogP) is 2.50. The molecule has 0 aromatic heterocycles. The molecule has 1 atom stereocenters. The zero-order valence-corrected chi connectivity index (χ0v) is 11.1. The van der Waals surface area contributed by atoms with Gasteiger partial charge in [-0.15, -0.1) is 0 Å². The Labute approximate surface area is 101 Å². The van der Waals surface area contributed by atoms with Gasteiger partial charge < -0.3 is 10.2 Å². The lowest BCUT2D eigenvalue weighted by molar-refractivity contribution is 0.109. The van der Waals surface area contributed by atoms with Crippen LogP contribution < -0.4 is 5.32 Å². The smallest absolute Gasteiger partial charge is 0.00502 e. The van der Waals surface area contributed by atoms with Gasteiger partial charge in [0.25, 0.3) is 0 Å². The molecule has 1 saturated carbocycles. The van der Waals surface area contributed by atoms with Crippen molar-refractivity contribution in [2.24, 2.45) is 11.3 Å². The molecule has 1 heterocycles. The molecule has 2 aliphatic rings. The summed E-state index contributed by atoms with van der Waals surface area (Å²) in [6, 6.07) is 0. The summed E-state index contributed by atoms with van der Waals surface area (Å²) < 4.78 is 0. The van der Waals surface area contributed by atoms with Crippen LogP contribution in [0, 0.1) is 11.3 Å². The molecule has 0 radical (unpaired) electrons. The van der Waals surface area contributed by atoms with Crippen molar-refractivity contribution in [3.05, 3.63) is 0 Å². The van der Waals surface area contributed by atoms with Crippen molar-refractivity contribution in [2.75, 3.05) is 33.2 Å². The molecule has 1 unspecified atom stereocenters. The molecular formula is C14H28N2. The van der Waals surface area contributed by atoms with Gasteiger partial charge in [-0.25, -0.2) is 0 Å². The van der Waals surface area contributed by atoms with Crippen LogP contribution in [0.5, 0.6) is 0 Å². The minimum absolute atomic E-state index is 0.603. The van der Waals surface area contributed by atoms with Crippen molar-refractivity contribution in [2.45, 2.75) is 45.4 Å². The maximum Gasteiger partial charge on any atom is 0.00502 e. The first-order valence-electron chi connectivity index (χ1n) is 7.11. The SMILES string of the molecule is CNCC1(CN2CCCC(C)C2)CCCC1. The standard InChI is InChI=1S/C14H28N2/c1-13-6-5-9-16(10-13)12-14(11-15-2)7-3-4-8-14/h13,15H,3-12H2,1-2H3. The molecule has 1 aliphatic carbocycles. The summed E-state index contributed by atoms with van der Waals surface area (Å²) in [7, 11) is 2.11. The van der Waals surface area contributed by atoms with Gasteiger partial charge in [0.2, 0.25) is 0 Å². The highest BCUT2D eigenvalue weighted by Gasteiger charge is 2.35. The Kier molecular flexibility index (Phi) is 4.26. The average Bonchev–Trinajstić information content (AvgIpc) is 2.67. The van der Waals surface area contributed by atoms with Crippen LogP contribution in [0.15, 0.2) is 0 Å². The Morgan fingerprint density at radius 1 is 1.25 bits per heavy atom. The Morgan fingerprint density at radius 3 is 2.62 bits per heavy atom. The molecule has 0 spiro atoms. The van der Waals surface area contributed by atoms with Crippen molar-refractivity contribution in [3.8, 4) is 0 Å². The van der Waals surface area contributed by atoms with Crippen LogP contribution in [0.2, 0.25) is 0 Å². The van der Waals surface area contributed by atoms with E-state index in [1.807, 2.05) is 0 Å². The Hall–Kier alpha value is -0.0800. The van der Waals surface area contributed by atoms with Gasteiger partial charge in [-0.1, -0.05) is 19.8 Å². The van der Waals surface area contributed by atoms with E-state index < -0.39 is 0 Å². The fraction of sp³-hybridized carbons (Fsp3) is 1.00. The minimum Gasteiger partial charge on any atom is -0.319 e. The van der Waals surface area contributed by atoms with Gasteiger partial charge in [-0.05, 0) is 50.6 Å². The number of hydrogen-bond acceptors (Lipinski definition) is 2. The fourth-order valence-electron chi connectivity index (χ4n) is 3.80. The van der Waals surface area contributed by atoms with Gasteiger partial charge in [0.15, 0.2) is 0 Å². The monoisotopic (exact) mass is 224 g/mol. The lowest BCUT2D eigenvalue weighted by Crippen LogP contribution is -2.45. The summed E-state index contributed by atoms with van der Waals surface area (Å²) >= 11 is 0. The van der Waals surface area contributed by atoms with E-state index in [4.69, 9.17) is 0 Å². The zero-order valence-electron chi connectivity index (χ0n) is 11.1. The maximum atomic E-state index is 3.42. The first-order chi connectivity index (χ1) is 7.74. The van der Waals surface area contributed by atoms with Crippen molar-refractivity contribution < 1.29 is 0 Å². The van der Waals surface area contributed by atoms with E-state index in [9.17, 15) is 0 Å². The Bertz CT molecular complexity index is 209. The quantitative estimate of drug-likeness (QED) is 0.789. The molecule has 1 saturated heterocycles. The first-order valence-corrected chi connectivity index (χ1v) is 7.11. The van der Waals surface area contributed by atoms with Crippen molar-refractivity contribution in [1.82, 2.24) is 10.2 Å².